The number of rotatable bonds is 2. The first kappa shape index (κ1) is 14.5. The minimum atomic E-state index is 1.03. The lowest BCUT2D eigenvalue weighted by Crippen LogP contribution is -1.93. The lowest BCUT2D eigenvalue weighted by atomic mass is 9.97. The van der Waals surface area contributed by atoms with Crippen LogP contribution in [-0.4, -0.2) is 0 Å². The quantitative estimate of drug-likeness (QED) is 0.674. The molecule has 2 aromatic carbocycles. The van der Waals surface area contributed by atoms with E-state index in [1.807, 2.05) is 13.8 Å². The smallest absolute Gasteiger partial charge is 0.00256 e. The maximum absolute atomic E-state index is 2.30. The summed E-state index contributed by atoms with van der Waals surface area (Å²) >= 11 is 0. The second-order valence-electron chi connectivity index (χ2n) is 4.52. The second-order valence-corrected chi connectivity index (χ2v) is 4.52. The summed E-state index contributed by atoms with van der Waals surface area (Å²) in [5.41, 5.74) is 6.99. The monoisotopic (exact) mass is 240 g/mol. The first-order chi connectivity index (χ1) is 8.66. The number of benzene rings is 2. The van der Waals surface area contributed by atoms with E-state index in [-0.39, 0.29) is 0 Å². The van der Waals surface area contributed by atoms with Crippen LogP contribution in [0.15, 0.2) is 42.5 Å². The highest BCUT2D eigenvalue weighted by Gasteiger charge is 2.01. The third-order valence-electron chi connectivity index (χ3n) is 3.24. The molecule has 0 heterocycles. The van der Waals surface area contributed by atoms with E-state index in [1.54, 1.807) is 0 Å². The van der Waals surface area contributed by atoms with Crippen LogP contribution in [0, 0.1) is 20.8 Å². The highest BCUT2D eigenvalue weighted by atomic mass is 14.1. The molecule has 0 bridgehead atoms. The molecule has 0 aliphatic rings. The van der Waals surface area contributed by atoms with Gasteiger partial charge in [0.2, 0.25) is 0 Å². The van der Waals surface area contributed by atoms with Crippen molar-refractivity contribution in [3.8, 4) is 0 Å². The Hall–Kier alpha value is -1.56. The van der Waals surface area contributed by atoms with E-state index < -0.39 is 0 Å². The third kappa shape index (κ3) is 3.73. The standard InChI is InChI=1S/C16H18.C2H6/c1-12-9-16(10-13(2)14(12)3)11-15-7-5-4-6-8-15;1-2/h4-10H,11H2,1-3H3;1-2H3. The Kier molecular flexibility index (Phi) is 5.64. The van der Waals surface area contributed by atoms with Crippen molar-refractivity contribution in [3.63, 3.8) is 0 Å². The van der Waals surface area contributed by atoms with Gasteiger partial charge in [-0.3, -0.25) is 0 Å². The summed E-state index contributed by atoms with van der Waals surface area (Å²) in [7, 11) is 0. The third-order valence-corrected chi connectivity index (χ3v) is 3.24. The Balaban J connectivity index is 0.000000771. The Morgan fingerprint density at radius 1 is 0.722 bits per heavy atom. The maximum atomic E-state index is 2.30. The van der Waals surface area contributed by atoms with Crippen molar-refractivity contribution < 1.29 is 0 Å². The lowest BCUT2D eigenvalue weighted by Gasteiger charge is -2.09. The van der Waals surface area contributed by atoms with Crippen LogP contribution in [0.5, 0.6) is 0 Å². The van der Waals surface area contributed by atoms with Crippen LogP contribution < -0.4 is 0 Å². The molecule has 0 radical (unpaired) electrons. The van der Waals surface area contributed by atoms with Gasteiger partial charge in [-0.2, -0.15) is 0 Å². The Bertz CT molecular complexity index is 458. The van der Waals surface area contributed by atoms with E-state index in [1.165, 1.54) is 27.8 Å². The molecular weight excluding hydrogens is 216 g/mol. The van der Waals surface area contributed by atoms with E-state index in [2.05, 4.69) is 63.2 Å². The van der Waals surface area contributed by atoms with E-state index >= 15 is 0 Å². The summed E-state index contributed by atoms with van der Waals surface area (Å²) in [4.78, 5) is 0. The Morgan fingerprint density at radius 2 is 1.22 bits per heavy atom. The van der Waals surface area contributed by atoms with Crippen molar-refractivity contribution in [2.24, 2.45) is 0 Å². The average Bonchev–Trinajstić information content (AvgIpc) is 2.39. The highest BCUT2D eigenvalue weighted by molar-refractivity contribution is 5.38. The van der Waals surface area contributed by atoms with Crippen molar-refractivity contribution >= 4 is 0 Å². The zero-order valence-electron chi connectivity index (χ0n) is 12.2. The molecule has 2 aromatic rings. The molecule has 0 heteroatoms. The molecular formula is C18H24. The van der Waals surface area contributed by atoms with E-state index in [0.29, 0.717) is 0 Å². The van der Waals surface area contributed by atoms with Crippen LogP contribution in [0.2, 0.25) is 0 Å². The van der Waals surface area contributed by atoms with Gasteiger partial charge in [0.05, 0.1) is 0 Å². The largest absolute Gasteiger partial charge is 0.0683 e. The molecule has 0 amide bonds. The van der Waals surface area contributed by atoms with Gasteiger partial charge in [-0.1, -0.05) is 56.3 Å². The molecule has 0 atom stereocenters. The van der Waals surface area contributed by atoms with Gasteiger partial charge in [0.1, 0.15) is 0 Å². The van der Waals surface area contributed by atoms with Crippen LogP contribution in [0.1, 0.15) is 41.7 Å². The summed E-state index contributed by atoms with van der Waals surface area (Å²) in [6.07, 6.45) is 1.03. The molecule has 18 heavy (non-hydrogen) atoms. The molecule has 0 N–H and O–H groups in total. The molecule has 0 aliphatic carbocycles. The second kappa shape index (κ2) is 7.00. The topological polar surface area (TPSA) is 0 Å². The lowest BCUT2D eigenvalue weighted by molar-refractivity contribution is 1.15. The average molecular weight is 240 g/mol. The first-order valence-electron chi connectivity index (χ1n) is 6.77. The number of hydrogen-bond donors (Lipinski definition) is 0. The summed E-state index contributed by atoms with van der Waals surface area (Å²) in [6.45, 7) is 10.6. The SMILES string of the molecule is CC.Cc1cc(Cc2ccccc2)cc(C)c1C. The first-order valence-corrected chi connectivity index (χ1v) is 6.77. The number of hydrogen-bond acceptors (Lipinski definition) is 0. The van der Waals surface area contributed by atoms with Crippen LogP contribution in [0.25, 0.3) is 0 Å². The maximum Gasteiger partial charge on any atom is -0.00256 e. The summed E-state index contributed by atoms with van der Waals surface area (Å²) in [6, 6.07) is 15.2. The molecule has 0 saturated heterocycles. The highest BCUT2D eigenvalue weighted by Crippen LogP contribution is 2.17. The zero-order valence-corrected chi connectivity index (χ0v) is 12.2. The molecule has 0 saturated carbocycles. The minimum Gasteiger partial charge on any atom is -0.0683 e. The van der Waals surface area contributed by atoms with Crippen molar-refractivity contribution in [1.29, 1.82) is 0 Å². The summed E-state index contributed by atoms with van der Waals surface area (Å²) in [5, 5.41) is 0. The van der Waals surface area contributed by atoms with Crippen LogP contribution in [0.3, 0.4) is 0 Å². The van der Waals surface area contributed by atoms with Crippen LogP contribution in [0.4, 0.5) is 0 Å². The summed E-state index contributed by atoms with van der Waals surface area (Å²) in [5.74, 6) is 0. The van der Waals surface area contributed by atoms with Gasteiger partial charge in [0.15, 0.2) is 0 Å². The Labute approximate surface area is 112 Å². The van der Waals surface area contributed by atoms with Gasteiger partial charge in [0.25, 0.3) is 0 Å². The molecule has 96 valence electrons. The predicted molar refractivity (Wildman–Crippen MR) is 81.2 cm³/mol. The van der Waals surface area contributed by atoms with Crippen LogP contribution >= 0.6 is 0 Å². The number of aryl methyl sites for hydroxylation is 2. The van der Waals surface area contributed by atoms with Gasteiger partial charge >= 0.3 is 0 Å². The molecule has 0 nitrogen and oxygen atoms in total. The van der Waals surface area contributed by atoms with Gasteiger partial charge in [-0.25, -0.2) is 0 Å². The predicted octanol–water partition coefficient (Wildman–Crippen LogP) is 5.23. The van der Waals surface area contributed by atoms with Crippen molar-refractivity contribution in [2.45, 2.75) is 41.0 Å². The molecule has 0 unspecified atom stereocenters. The fraction of sp³-hybridized carbons (Fsp3) is 0.333. The van der Waals surface area contributed by atoms with Crippen molar-refractivity contribution in [3.05, 3.63) is 70.3 Å². The Morgan fingerprint density at radius 3 is 1.72 bits per heavy atom. The van der Waals surface area contributed by atoms with Gasteiger partial charge in [-0.05, 0) is 55.0 Å². The summed E-state index contributed by atoms with van der Waals surface area (Å²) < 4.78 is 0. The molecule has 0 aromatic heterocycles. The van der Waals surface area contributed by atoms with Crippen molar-refractivity contribution in [1.82, 2.24) is 0 Å². The van der Waals surface area contributed by atoms with Crippen LogP contribution in [-0.2, 0) is 6.42 Å². The van der Waals surface area contributed by atoms with Gasteiger partial charge in [-0.15, -0.1) is 0 Å². The van der Waals surface area contributed by atoms with Gasteiger partial charge < -0.3 is 0 Å². The molecule has 2 rings (SSSR count). The van der Waals surface area contributed by atoms with Crippen molar-refractivity contribution in [2.75, 3.05) is 0 Å². The van der Waals surface area contributed by atoms with E-state index in [9.17, 15) is 0 Å². The molecule has 0 fully saturated rings. The molecule has 0 aliphatic heterocycles. The fourth-order valence-electron chi connectivity index (χ4n) is 2.06. The minimum absolute atomic E-state index is 1.03. The van der Waals surface area contributed by atoms with E-state index in [4.69, 9.17) is 0 Å². The normalized spacial score (nSPS) is 9.61. The molecule has 0 spiro atoms. The van der Waals surface area contributed by atoms with Gasteiger partial charge in [0, 0.05) is 0 Å². The fourth-order valence-corrected chi connectivity index (χ4v) is 2.06. The zero-order chi connectivity index (χ0) is 13.5. The van der Waals surface area contributed by atoms with E-state index in [0.717, 1.165) is 6.42 Å².